The molecular weight excluding hydrogens is 252 g/mol. The molecule has 0 aromatic rings. The van der Waals surface area contributed by atoms with Crippen molar-refractivity contribution in [2.45, 2.75) is 96.1 Å². The van der Waals surface area contributed by atoms with Gasteiger partial charge < -0.3 is 9.16 Å². The molecule has 1 fully saturated rings. The first-order chi connectivity index (χ1) is 8.60. The van der Waals surface area contributed by atoms with Crippen molar-refractivity contribution in [1.82, 2.24) is 0 Å². The first-order valence-electron chi connectivity index (χ1n) is 7.80. The molecule has 0 bridgehead atoms. The summed E-state index contributed by atoms with van der Waals surface area (Å²) in [5, 5.41) is 0.494. The van der Waals surface area contributed by atoms with E-state index in [1.807, 2.05) is 0 Å². The predicted molar refractivity (Wildman–Crippen MR) is 85.0 cm³/mol. The SMILES string of the molecule is CCCC[C@H]1CC(OC)O[Si]1(C(C)(C)C)C(C)(C)C. The molecule has 1 aliphatic heterocycles. The summed E-state index contributed by atoms with van der Waals surface area (Å²) >= 11 is 0. The van der Waals surface area contributed by atoms with Crippen LogP contribution in [-0.4, -0.2) is 21.7 Å². The molecule has 3 heteroatoms. The van der Waals surface area contributed by atoms with Crippen molar-refractivity contribution in [3.8, 4) is 0 Å². The average molecular weight is 287 g/mol. The molecule has 1 heterocycles. The number of unbranched alkanes of at least 4 members (excludes halogenated alkanes) is 1. The summed E-state index contributed by atoms with van der Waals surface area (Å²) in [6, 6.07) is 0. The maximum Gasteiger partial charge on any atom is 0.210 e. The van der Waals surface area contributed by atoms with Gasteiger partial charge in [-0.25, -0.2) is 0 Å². The highest BCUT2D eigenvalue weighted by atomic mass is 28.4. The highest BCUT2D eigenvalue weighted by Gasteiger charge is 2.64. The van der Waals surface area contributed by atoms with Crippen molar-refractivity contribution in [2.75, 3.05) is 7.11 Å². The Balaban J connectivity index is 3.17. The van der Waals surface area contributed by atoms with E-state index in [1.165, 1.54) is 19.3 Å². The lowest BCUT2D eigenvalue weighted by molar-refractivity contribution is -0.0499. The minimum absolute atomic E-state index is 0.0203. The fraction of sp³-hybridized carbons (Fsp3) is 1.00. The summed E-state index contributed by atoms with van der Waals surface area (Å²) in [6.07, 6.45) is 5.00. The lowest BCUT2D eigenvalue weighted by atomic mass is 10.1. The van der Waals surface area contributed by atoms with Crippen molar-refractivity contribution < 1.29 is 9.16 Å². The second-order valence-electron chi connectivity index (χ2n) is 8.09. The van der Waals surface area contributed by atoms with Gasteiger partial charge in [-0.05, 0) is 15.6 Å². The molecule has 0 saturated carbocycles. The van der Waals surface area contributed by atoms with Crippen molar-refractivity contribution in [3.63, 3.8) is 0 Å². The molecule has 19 heavy (non-hydrogen) atoms. The van der Waals surface area contributed by atoms with E-state index in [1.54, 1.807) is 7.11 Å². The van der Waals surface area contributed by atoms with Crippen molar-refractivity contribution in [1.29, 1.82) is 0 Å². The Morgan fingerprint density at radius 1 is 1.11 bits per heavy atom. The molecule has 0 aliphatic carbocycles. The number of ether oxygens (including phenoxy) is 1. The molecule has 2 nitrogen and oxygen atoms in total. The average Bonchev–Trinajstić information content (AvgIpc) is 2.64. The molecule has 1 rings (SSSR count). The summed E-state index contributed by atoms with van der Waals surface area (Å²) in [5.74, 6) is 0. The largest absolute Gasteiger partial charge is 0.391 e. The van der Waals surface area contributed by atoms with Gasteiger partial charge in [-0.15, -0.1) is 0 Å². The highest BCUT2D eigenvalue weighted by Crippen LogP contribution is 2.63. The monoisotopic (exact) mass is 286 g/mol. The number of hydrogen-bond acceptors (Lipinski definition) is 2. The van der Waals surface area contributed by atoms with Gasteiger partial charge in [0.2, 0.25) is 8.32 Å². The van der Waals surface area contributed by atoms with E-state index in [0.29, 0.717) is 0 Å². The second-order valence-corrected chi connectivity index (χ2v) is 13.6. The molecule has 1 aliphatic rings. The molecule has 114 valence electrons. The Bertz CT molecular complexity index is 274. The Morgan fingerprint density at radius 2 is 1.63 bits per heavy atom. The van der Waals surface area contributed by atoms with Gasteiger partial charge in [-0.3, -0.25) is 0 Å². The lowest BCUT2D eigenvalue weighted by Gasteiger charge is -2.51. The minimum atomic E-state index is -1.91. The van der Waals surface area contributed by atoms with E-state index >= 15 is 0 Å². The van der Waals surface area contributed by atoms with Crippen LogP contribution in [0.25, 0.3) is 0 Å². The third-order valence-corrected chi connectivity index (χ3v) is 11.5. The van der Waals surface area contributed by atoms with Crippen LogP contribution in [0.3, 0.4) is 0 Å². The summed E-state index contributed by atoms with van der Waals surface area (Å²) in [4.78, 5) is 0. The van der Waals surface area contributed by atoms with E-state index in [9.17, 15) is 0 Å². The highest BCUT2D eigenvalue weighted by molar-refractivity contribution is 6.81. The van der Waals surface area contributed by atoms with E-state index in [2.05, 4.69) is 48.5 Å². The van der Waals surface area contributed by atoms with Gasteiger partial charge in [-0.2, -0.15) is 0 Å². The van der Waals surface area contributed by atoms with Crippen LogP contribution in [0, 0.1) is 0 Å². The van der Waals surface area contributed by atoms with Crippen LogP contribution in [0.15, 0.2) is 0 Å². The van der Waals surface area contributed by atoms with Gasteiger partial charge >= 0.3 is 0 Å². The Labute approximate surface area is 121 Å². The molecule has 0 aromatic heterocycles. The van der Waals surface area contributed by atoms with Crippen molar-refractivity contribution in [2.24, 2.45) is 0 Å². The topological polar surface area (TPSA) is 18.5 Å². The van der Waals surface area contributed by atoms with E-state index < -0.39 is 8.32 Å². The number of methoxy groups -OCH3 is 1. The van der Waals surface area contributed by atoms with E-state index in [-0.39, 0.29) is 16.4 Å². The zero-order valence-electron chi connectivity index (χ0n) is 14.3. The summed E-state index contributed by atoms with van der Waals surface area (Å²) in [6.45, 7) is 16.5. The standard InChI is InChI=1S/C16H34O2Si/c1-9-10-11-13-12-14(17-8)18-19(13,15(2,3)4)16(5,6)7/h13-14H,9-12H2,1-8H3/t13-,14?/m0/s1. The number of rotatable bonds is 4. The van der Waals surface area contributed by atoms with Crippen LogP contribution >= 0.6 is 0 Å². The molecular formula is C16H34O2Si. The first-order valence-corrected chi connectivity index (χ1v) is 9.79. The van der Waals surface area contributed by atoms with Crippen LogP contribution < -0.4 is 0 Å². The molecule has 0 amide bonds. The molecule has 1 saturated heterocycles. The smallest absolute Gasteiger partial charge is 0.210 e. The van der Waals surface area contributed by atoms with E-state index in [4.69, 9.17) is 9.16 Å². The van der Waals surface area contributed by atoms with Crippen molar-refractivity contribution >= 4 is 8.32 Å². The van der Waals surface area contributed by atoms with Gasteiger partial charge in [-0.1, -0.05) is 67.7 Å². The Kier molecular flexibility index (Phi) is 5.31. The van der Waals surface area contributed by atoms with Gasteiger partial charge in [0.15, 0.2) is 0 Å². The summed E-state index contributed by atoms with van der Waals surface area (Å²) in [5.41, 5.74) is 0.720. The first kappa shape index (κ1) is 17.2. The van der Waals surface area contributed by atoms with Gasteiger partial charge in [0, 0.05) is 13.5 Å². The van der Waals surface area contributed by atoms with Gasteiger partial charge in [0.05, 0.1) is 0 Å². The third-order valence-electron chi connectivity index (χ3n) is 4.77. The number of hydrogen-bond donors (Lipinski definition) is 0. The molecule has 0 spiro atoms. The van der Waals surface area contributed by atoms with Crippen LogP contribution in [0.1, 0.15) is 74.1 Å². The van der Waals surface area contributed by atoms with Crippen LogP contribution in [0.2, 0.25) is 15.6 Å². The molecule has 0 aromatic carbocycles. The molecule has 2 atom stereocenters. The summed E-state index contributed by atoms with van der Waals surface area (Å²) in [7, 11) is -0.122. The normalized spacial score (nSPS) is 27.8. The summed E-state index contributed by atoms with van der Waals surface area (Å²) < 4.78 is 12.2. The van der Waals surface area contributed by atoms with Crippen molar-refractivity contribution in [3.05, 3.63) is 0 Å². The zero-order valence-corrected chi connectivity index (χ0v) is 15.3. The maximum absolute atomic E-state index is 6.65. The van der Waals surface area contributed by atoms with Gasteiger partial charge in [0.1, 0.15) is 6.29 Å². The third kappa shape index (κ3) is 3.08. The lowest BCUT2D eigenvalue weighted by Crippen LogP contribution is -2.55. The maximum atomic E-state index is 6.65. The predicted octanol–water partition coefficient (Wildman–Crippen LogP) is 5.49. The van der Waals surface area contributed by atoms with Gasteiger partial charge in [0.25, 0.3) is 0 Å². The molecule has 0 N–H and O–H groups in total. The Morgan fingerprint density at radius 3 is 2.00 bits per heavy atom. The molecule has 1 unspecified atom stereocenters. The fourth-order valence-corrected chi connectivity index (χ4v) is 11.7. The van der Waals surface area contributed by atoms with Crippen LogP contribution in [-0.2, 0) is 9.16 Å². The van der Waals surface area contributed by atoms with Crippen LogP contribution in [0.5, 0.6) is 0 Å². The second kappa shape index (κ2) is 5.86. The van der Waals surface area contributed by atoms with E-state index in [0.717, 1.165) is 12.0 Å². The quantitative estimate of drug-likeness (QED) is 0.637. The Hall–Kier alpha value is 0.137. The zero-order chi connectivity index (χ0) is 14.9. The minimum Gasteiger partial charge on any atom is -0.391 e. The molecule has 0 radical (unpaired) electrons. The fourth-order valence-electron chi connectivity index (χ4n) is 4.37. The van der Waals surface area contributed by atoms with Crippen LogP contribution in [0.4, 0.5) is 0 Å².